The molecule has 0 aromatic heterocycles. The molecule has 1 saturated heterocycles. The second-order valence-electron chi connectivity index (χ2n) is 5.87. The van der Waals surface area contributed by atoms with Crippen molar-refractivity contribution in [1.29, 1.82) is 0 Å². The van der Waals surface area contributed by atoms with Crippen molar-refractivity contribution in [2.75, 3.05) is 26.4 Å². The topological polar surface area (TPSA) is 50.7 Å². The summed E-state index contributed by atoms with van der Waals surface area (Å²) < 4.78 is 11.0. The SMILES string of the molecule is Cc1ccc([C@H](C)NCC(O)COCC2CCCO2)cc1. The molecule has 0 radical (unpaired) electrons. The molecule has 0 aliphatic carbocycles. The van der Waals surface area contributed by atoms with Crippen LogP contribution in [-0.2, 0) is 9.47 Å². The summed E-state index contributed by atoms with van der Waals surface area (Å²) in [6, 6.07) is 8.67. The van der Waals surface area contributed by atoms with Gasteiger partial charge < -0.3 is 19.9 Å². The summed E-state index contributed by atoms with van der Waals surface area (Å²) in [6.07, 6.45) is 1.92. The lowest BCUT2D eigenvalue weighted by Gasteiger charge is -2.18. The normalized spacial score (nSPS) is 21.4. The smallest absolute Gasteiger partial charge is 0.0897 e. The van der Waals surface area contributed by atoms with Gasteiger partial charge in [-0.15, -0.1) is 0 Å². The number of aryl methyl sites for hydroxylation is 1. The molecule has 0 bridgehead atoms. The average Bonchev–Trinajstić information content (AvgIpc) is 2.99. The second-order valence-corrected chi connectivity index (χ2v) is 5.87. The van der Waals surface area contributed by atoms with Gasteiger partial charge in [-0.3, -0.25) is 0 Å². The van der Waals surface area contributed by atoms with Gasteiger partial charge in [-0.05, 0) is 32.3 Å². The fourth-order valence-electron chi connectivity index (χ4n) is 2.46. The van der Waals surface area contributed by atoms with Crippen LogP contribution in [-0.4, -0.2) is 43.7 Å². The number of aliphatic hydroxyl groups is 1. The largest absolute Gasteiger partial charge is 0.389 e. The lowest BCUT2D eigenvalue weighted by Crippen LogP contribution is -2.33. The predicted octanol–water partition coefficient (Wildman–Crippen LogP) is 2.20. The van der Waals surface area contributed by atoms with E-state index < -0.39 is 6.10 Å². The highest BCUT2D eigenvalue weighted by Gasteiger charge is 2.16. The molecular weight excluding hydrogens is 266 g/mol. The Morgan fingerprint density at radius 3 is 2.81 bits per heavy atom. The Labute approximate surface area is 127 Å². The second kappa shape index (κ2) is 8.49. The fraction of sp³-hybridized carbons (Fsp3) is 0.647. The van der Waals surface area contributed by atoms with Crippen LogP contribution in [0.2, 0.25) is 0 Å². The molecule has 1 fully saturated rings. The molecular formula is C17H27NO3. The highest BCUT2D eigenvalue weighted by atomic mass is 16.5. The summed E-state index contributed by atoms with van der Waals surface area (Å²) >= 11 is 0. The van der Waals surface area contributed by atoms with Crippen molar-refractivity contribution in [2.45, 2.75) is 44.9 Å². The molecule has 118 valence electrons. The number of hydrogen-bond acceptors (Lipinski definition) is 4. The van der Waals surface area contributed by atoms with Crippen molar-refractivity contribution in [1.82, 2.24) is 5.32 Å². The van der Waals surface area contributed by atoms with Crippen molar-refractivity contribution in [3.05, 3.63) is 35.4 Å². The molecule has 1 heterocycles. The van der Waals surface area contributed by atoms with Crippen LogP contribution in [0.4, 0.5) is 0 Å². The Hall–Kier alpha value is -0.940. The van der Waals surface area contributed by atoms with E-state index >= 15 is 0 Å². The molecule has 2 rings (SSSR count). The molecule has 2 N–H and O–H groups in total. The minimum Gasteiger partial charge on any atom is -0.389 e. The number of nitrogens with one attached hydrogen (secondary N) is 1. The molecule has 2 unspecified atom stereocenters. The third-order valence-corrected chi connectivity index (χ3v) is 3.87. The fourth-order valence-corrected chi connectivity index (χ4v) is 2.46. The molecule has 1 aliphatic rings. The lowest BCUT2D eigenvalue weighted by atomic mass is 10.1. The standard InChI is InChI=1S/C17H27NO3/c1-13-5-7-15(8-6-13)14(2)18-10-16(19)11-20-12-17-4-3-9-21-17/h5-8,14,16-19H,3-4,9-12H2,1-2H3/t14-,16?,17?/m0/s1. The maximum Gasteiger partial charge on any atom is 0.0897 e. The zero-order valence-electron chi connectivity index (χ0n) is 13.0. The number of hydrogen-bond donors (Lipinski definition) is 2. The van der Waals surface area contributed by atoms with Gasteiger partial charge in [0, 0.05) is 19.2 Å². The summed E-state index contributed by atoms with van der Waals surface area (Å²) in [5.41, 5.74) is 2.49. The van der Waals surface area contributed by atoms with Crippen LogP contribution in [0.15, 0.2) is 24.3 Å². The molecule has 21 heavy (non-hydrogen) atoms. The quantitative estimate of drug-likeness (QED) is 0.771. The minimum absolute atomic E-state index is 0.219. The van der Waals surface area contributed by atoms with Gasteiger partial charge in [-0.1, -0.05) is 29.8 Å². The Bertz CT molecular complexity index is 401. The van der Waals surface area contributed by atoms with Crippen molar-refractivity contribution in [3.8, 4) is 0 Å². The third kappa shape index (κ3) is 5.75. The first kappa shape index (κ1) is 16.4. The molecule has 3 atom stereocenters. The van der Waals surface area contributed by atoms with Crippen molar-refractivity contribution in [2.24, 2.45) is 0 Å². The van der Waals surface area contributed by atoms with Gasteiger partial charge in [0.15, 0.2) is 0 Å². The van der Waals surface area contributed by atoms with E-state index in [9.17, 15) is 5.11 Å². The maximum absolute atomic E-state index is 9.93. The highest BCUT2D eigenvalue weighted by Crippen LogP contribution is 2.13. The van der Waals surface area contributed by atoms with E-state index in [-0.39, 0.29) is 12.1 Å². The van der Waals surface area contributed by atoms with Crippen LogP contribution in [0.5, 0.6) is 0 Å². The van der Waals surface area contributed by atoms with E-state index in [0.717, 1.165) is 19.4 Å². The summed E-state index contributed by atoms with van der Waals surface area (Å²) in [5.74, 6) is 0. The zero-order valence-corrected chi connectivity index (χ0v) is 13.0. The number of ether oxygens (including phenoxy) is 2. The van der Waals surface area contributed by atoms with E-state index in [2.05, 4.69) is 43.4 Å². The van der Waals surface area contributed by atoms with E-state index in [1.807, 2.05) is 0 Å². The highest BCUT2D eigenvalue weighted by molar-refractivity contribution is 5.23. The number of rotatable bonds is 8. The molecule has 1 aromatic carbocycles. The predicted molar refractivity (Wildman–Crippen MR) is 83.4 cm³/mol. The monoisotopic (exact) mass is 293 g/mol. The molecule has 0 saturated carbocycles. The summed E-state index contributed by atoms with van der Waals surface area (Å²) in [5, 5.41) is 13.3. The van der Waals surface area contributed by atoms with Gasteiger partial charge in [0.1, 0.15) is 0 Å². The summed E-state index contributed by atoms with van der Waals surface area (Å²) in [4.78, 5) is 0. The summed E-state index contributed by atoms with van der Waals surface area (Å²) in [6.45, 7) is 6.49. The molecule has 0 amide bonds. The maximum atomic E-state index is 9.93. The van der Waals surface area contributed by atoms with Crippen LogP contribution in [0.25, 0.3) is 0 Å². The van der Waals surface area contributed by atoms with Crippen molar-refractivity contribution >= 4 is 0 Å². The number of benzene rings is 1. The van der Waals surface area contributed by atoms with Crippen molar-refractivity contribution in [3.63, 3.8) is 0 Å². The molecule has 0 spiro atoms. The van der Waals surface area contributed by atoms with Crippen LogP contribution < -0.4 is 5.32 Å². The molecule has 4 nitrogen and oxygen atoms in total. The van der Waals surface area contributed by atoms with Gasteiger partial charge in [-0.25, -0.2) is 0 Å². The Morgan fingerprint density at radius 2 is 2.14 bits per heavy atom. The van der Waals surface area contributed by atoms with Crippen LogP contribution in [0, 0.1) is 6.92 Å². The Balaban J connectivity index is 1.61. The van der Waals surface area contributed by atoms with E-state index in [1.54, 1.807) is 0 Å². The average molecular weight is 293 g/mol. The van der Waals surface area contributed by atoms with Crippen LogP contribution in [0.1, 0.15) is 36.9 Å². The zero-order chi connectivity index (χ0) is 15.1. The Morgan fingerprint density at radius 1 is 1.38 bits per heavy atom. The minimum atomic E-state index is -0.487. The van der Waals surface area contributed by atoms with Gasteiger partial charge in [0.05, 0.1) is 25.4 Å². The van der Waals surface area contributed by atoms with Crippen LogP contribution >= 0.6 is 0 Å². The van der Waals surface area contributed by atoms with E-state index in [4.69, 9.17) is 9.47 Å². The van der Waals surface area contributed by atoms with Gasteiger partial charge >= 0.3 is 0 Å². The van der Waals surface area contributed by atoms with Crippen LogP contribution in [0.3, 0.4) is 0 Å². The van der Waals surface area contributed by atoms with Gasteiger partial charge in [0.2, 0.25) is 0 Å². The first-order valence-corrected chi connectivity index (χ1v) is 7.82. The first-order chi connectivity index (χ1) is 10.1. The van der Waals surface area contributed by atoms with Gasteiger partial charge in [-0.2, -0.15) is 0 Å². The molecule has 1 aliphatic heterocycles. The Kier molecular flexibility index (Phi) is 6.64. The van der Waals surface area contributed by atoms with Crippen molar-refractivity contribution < 1.29 is 14.6 Å². The van der Waals surface area contributed by atoms with E-state index in [1.165, 1.54) is 11.1 Å². The number of aliphatic hydroxyl groups excluding tert-OH is 1. The third-order valence-electron chi connectivity index (χ3n) is 3.87. The van der Waals surface area contributed by atoms with Gasteiger partial charge in [0.25, 0.3) is 0 Å². The lowest BCUT2D eigenvalue weighted by molar-refractivity contribution is -0.0168. The molecule has 4 heteroatoms. The first-order valence-electron chi connectivity index (χ1n) is 7.82. The summed E-state index contributed by atoms with van der Waals surface area (Å²) in [7, 11) is 0. The molecule has 1 aromatic rings. The van der Waals surface area contributed by atoms with E-state index in [0.29, 0.717) is 19.8 Å².